The van der Waals surface area contributed by atoms with Gasteiger partial charge in [-0.3, -0.25) is 4.79 Å². The zero-order valence-corrected chi connectivity index (χ0v) is 10.8. The van der Waals surface area contributed by atoms with Crippen molar-refractivity contribution in [1.29, 1.82) is 0 Å². The van der Waals surface area contributed by atoms with Gasteiger partial charge < -0.3 is 10.0 Å². The van der Waals surface area contributed by atoms with E-state index in [1.807, 2.05) is 17.9 Å². The van der Waals surface area contributed by atoms with Crippen LogP contribution in [-0.4, -0.2) is 29.6 Å². The molecule has 1 N–H and O–H groups in total. The van der Waals surface area contributed by atoms with Gasteiger partial charge in [-0.25, -0.2) is 0 Å². The molecule has 1 heterocycles. The van der Waals surface area contributed by atoms with Crippen LogP contribution < -0.4 is 4.90 Å². The standard InChI is InChI=1S/C13H16ClNO2/c1-9(16)10-3-4-12(11(14)7-10)15-6-5-13(2,17)8-15/h3-4,7,17H,5-6,8H2,1-2H3. The smallest absolute Gasteiger partial charge is 0.159 e. The predicted molar refractivity (Wildman–Crippen MR) is 68.9 cm³/mol. The number of rotatable bonds is 2. The second-order valence-electron chi connectivity index (χ2n) is 4.89. The highest BCUT2D eigenvalue weighted by molar-refractivity contribution is 6.33. The first-order valence-corrected chi connectivity index (χ1v) is 6.05. The van der Waals surface area contributed by atoms with Crippen LogP contribution in [0, 0.1) is 0 Å². The van der Waals surface area contributed by atoms with Gasteiger partial charge >= 0.3 is 0 Å². The molecule has 0 amide bonds. The second kappa shape index (κ2) is 4.31. The Labute approximate surface area is 106 Å². The first-order valence-electron chi connectivity index (χ1n) is 5.67. The molecule has 0 aromatic heterocycles. The average molecular weight is 254 g/mol. The molecular formula is C13H16ClNO2. The van der Waals surface area contributed by atoms with E-state index < -0.39 is 5.60 Å². The first kappa shape index (κ1) is 12.4. The average Bonchev–Trinajstić information content (AvgIpc) is 2.58. The predicted octanol–water partition coefficient (Wildman–Crippen LogP) is 2.50. The second-order valence-corrected chi connectivity index (χ2v) is 5.30. The summed E-state index contributed by atoms with van der Waals surface area (Å²) in [6, 6.07) is 5.31. The minimum atomic E-state index is -0.650. The minimum absolute atomic E-state index is 0.00636. The molecule has 0 aliphatic carbocycles. The Hall–Kier alpha value is -1.06. The van der Waals surface area contributed by atoms with Crippen molar-refractivity contribution in [2.75, 3.05) is 18.0 Å². The number of benzene rings is 1. The first-order chi connectivity index (χ1) is 7.89. The molecule has 0 radical (unpaired) electrons. The van der Waals surface area contributed by atoms with E-state index in [2.05, 4.69) is 0 Å². The number of ketones is 1. The summed E-state index contributed by atoms with van der Waals surface area (Å²) in [6.07, 6.45) is 0.734. The van der Waals surface area contributed by atoms with E-state index in [-0.39, 0.29) is 5.78 Å². The zero-order chi connectivity index (χ0) is 12.6. The summed E-state index contributed by atoms with van der Waals surface area (Å²) in [5, 5.41) is 10.5. The molecule has 1 aliphatic heterocycles. The number of β-amino-alcohol motifs (C(OH)–C–C–N with tert-alkyl or cyclic N) is 1. The zero-order valence-electron chi connectivity index (χ0n) is 10.0. The molecule has 1 aromatic carbocycles. The third-order valence-electron chi connectivity index (χ3n) is 3.15. The molecule has 1 fully saturated rings. The molecule has 3 nitrogen and oxygen atoms in total. The summed E-state index contributed by atoms with van der Waals surface area (Å²) in [4.78, 5) is 13.3. The summed E-state index contributed by atoms with van der Waals surface area (Å²) >= 11 is 6.17. The van der Waals surface area contributed by atoms with Crippen LogP contribution in [0.25, 0.3) is 0 Å². The van der Waals surface area contributed by atoms with Crippen molar-refractivity contribution in [3.05, 3.63) is 28.8 Å². The van der Waals surface area contributed by atoms with Crippen LogP contribution >= 0.6 is 11.6 Å². The number of halogens is 1. The normalized spacial score (nSPS) is 24.1. The van der Waals surface area contributed by atoms with Gasteiger partial charge in [-0.15, -0.1) is 0 Å². The lowest BCUT2D eigenvalue weighted by Gasteiger charge is -2.22. The van der Waals surface area contributed by atoms with E-state index >= 15 is 0 Å². The van der Waals surface area contributed by atoms with Crippen molar-refractivity contribution in [2.45, 2.75) is 25.9 Å². The Kier molecular flexibility index (Phi) is 3.15. The van der Waals surface area contributed by atoms with Gasteiger partial charge in [0.05, 0.1) is 16.3 Å². The highest BCUT2D eigenvalue weighted by Gasteiger charge is 2.32. The van der Waals surface area contributed by atoms with E-state index in [1.165, 1.54) is 6.92 Å². The lowest BCUT2D eigenvalue weighted by atomic mass is 10.1. The van der Waals surface area contributed by atoms with Crippen molar-refractivity contribution < 1.29 is 9.90 Å². The van der Waals surface area contributed by atoms with Crippen LogP contribution in [0.2, 0.25) is 5.02 Å². The van der Waals surface area contributed by atoms with Crippen LogP contribution in [0.3, 0.4) is 0 Å². The molecule has 1 aliphatic rings. The van der Waals surface area contributed by atoms with Crippen LogP contribution in [0.1, 0.15) is 30.6 Å². The number of carbonyl (C=O) groups is 1. The van der Waals surface area contributed by atoms with E-state index in [0.29, 0.717) is 17.1 Å². The Morgan fingerprint density at radius 1 is 1.53 bits per heavy atom. The monoisotopic (exact) mass is 253 g/mol. The van der Waals surface area contributed by atoms with E-state index in [0.717, 1.165) is 18.7 Å². The molecule has 4 heteroatoms. The maximum atomic E-state index is 11.2. The van der Waals surface area contributed by atoms with Gasteiger partial charge in [-0.05, 0) is 38.5 Å². The molecule has 0 saturated carbocycles. The number of aliphatic hydroxyl groups is 1. The number of carbonyl (C=O) groups excluding carboxylic acids is 1. The quantitative estimate of drug-likeness (QED) is 0.824. The van der Waals surface area contributed by atoms with Crippen molar-refractivity contribution in [2.24, 2.45) is 0 Å². The molecule has 1 unspecified atom stereocenters. The number of hydrogen-bond donors (Lipinski definition) is 1. The maximum Gasteiger partial charge on any atom is 0.159 e. The number of anilines is 1. The molecule has 1 atom stereocenters. The van der Waals surface area contributed by atoms with E-state index in [4.69, 9.17) is 11.6 Å². The molecule has 0 spiro atoms. The Morgan fingerprint density at radius 3 is 2.71 bits per heavy atom. The summed E-state index contributed by atoms with van der Waals surface area (Å²) in [5.74, 6) is 0.00636. The highest BCUT2D eigenvalue weighted by Crippen LogP contribution is 2.32. The summed E-state index contributed by atoms with van der Waals surface area (Å²) in [5.41, 5.74) is 0.849. The molecule has 1 aromatic rings. The van der Waals surface area contributed by atoms with Crippen LogP contribution in [0.15, 0.2) is 18.2 Å². The Morgan fingerprint density at radius 2 is 2.24 bits per heavy atom. The third-order valence-corrected chi connectivity index (χ3v) is 3.45. The SMILES string of the molecule is CC(=O)c1ccc(N2CCC(C)(O)C2)c(Cl)c1. The lowest BCUT2D eigenvalue weighted by Crippen LogP contribution is -2.29. The fourth-order valence-corrected chi connectivity index (χ4v) is 2.43. The third kappa shape index (κ3) is 2.61. The van der Waals surface area contributed by atoms with Crippen molar-refractivity contribution >= 4 is 23.1 Å². The number of nitrogens with zero attached hydrogens (tertiary/aromatic N) is 1. The molecular weight excluding hydrogens is 238 g/mol. The summed E-state index contributed by atoms with van der Waals surface area (Å²) < 4.78 is 0. The lowest BCUT2D eigenvalue weighted by molar-refractivity contribution is 0.0839. The molecule has 2 rings (SSSR count). The number of Topliss-reactive ketones (excluding diaryl/α,β-unsaturated/α-hetero) is 1. The molecule has 0 bridgehead atoms. The molecule has 92 valence electrons. The van der Waals surface area contributed by atoms with Gasteiger partial charge in [-0.2, -0.15) is 0 Å². The van der Waals surface area contributed by atoms with Gasteiger partial charge in [0.2, 0.25) is 0 Å². The summed E-state index contributed by atoms with van der Waals surface area (Å²) in [7, 11) is 0. The highest BCUT2D eigenvalue weighted by atomic mass is 35.5. The summed E-state index contributed by atoms with van der Waals surface area (Å²) in [6.45, 7) is 4.70. The van der Waals surface area contributed by atoms with Gasteiger partial charge in [0, 0.05) is 18.7 Å². The number of hydrogen-bond acceptors (Lipinski definition) is 3. The van der Waals surface area contributed by atoms with Gasteiger partial charge in [0.25, 0.3) is 0 Å². The van der Waals surface area contributed by atoms with Crippen LogP contribution in [-0.2, 0) is 0 Å². The fourth-order valence-electron chi connectivity index (χ4n) is 2.13. The molecule has 1 saturated heterocycles. The van der Waals surface area contributed by atoms with E-state index in [1.54, 1.807) is 12.1 Å². The van der Waals surface area contributed by atoms with E-state index in [9.17, 15) is 9.90 Å². The fraction of sp³-hybridized carbons (Fsp3) is 0.462. The minimum Gasteiger partial charge on any atom is -0.388 e. The molecule has 17 heavy (non-hydrogen) atoms. The maximum absolute atomic E-state index is 11.2. The topological polar surface area (TPSA) is 40.5 Å². The van der Waals surface area contributed by atoms with Gasteiger partial charge in [0.1, 0.15) is 0 Å². The Balaban J connectivity index is 2.26. The van der Waals surface area contributed by atoms with Crippen molar-refractivity contribution in [1.82, 2.24) is 0 Å². The van der Waals surface area contributed by atoms with Crippen LogP contribution in [0.5, 0.6) is 0 Å². The van der Waals surface area contributed by atoms with Crippen LogP contribution in [0.4, 0.5) is 5.69 Å². The van der Waals surface area contributed by atoms with Gasteiger partial charge in [-0.1, -0.05) is 11.6 Å². The van der Waals surface area contributed by atoms with Gasteiger partial charge in [0.15, 0.2) is 5.78 Å². The largest absolute Gasteiger partial charge is 0.388 e. The Bertz CT molecular complexity index is 457. The van der Waals surface area contributed by atoms with Crippen molar-refractivity contribution in [3.8, 4) is 0 Å². The van der Waals surface area contributed by atoms with Crippen molar-refractivity contribution in [3.63, 3.8) is 0 Å².